The zero-order valence-corrected chi connectivity index (χ0v) is 16.3. The van der Waals surface area contributed by atoms with Crippen LogP contribution in [0.5, 0.6) is 5.88 Å². The lowest BCUT2D eigenvalue weighted by Crippen LogP contribution is -2.01. The lowest BCUT2D eigenvalue weighted by atomic mass is 10.2. The van der Waals surface area contributed by atoms with Crippen molar-refractivity contribution in [3.63, 3.8) is 0 Å². The Morgan fingerprint density at radius 2 is 1.90 bits per heavy atom. The maximum Gasteiger partial charge on any atom is 0.212 e. The fourth-order valence-electron chi connectivity index (χ4n) is 2.99. The first-order valence-electron chi connectivity index (χ1n) is 8.92. The maximum atomic E-state index is 5.16. The summed E-state index contributed by atoms with van der Waals surface area (Å²) in [4.78, 5) is 18.4. The maximum absolute atomic E-state index is 5.16. The Bertz CT molecular complexity index is 1250. The third-order valence-corrected chi connectivity index (χ3v) is 5.09. The van der Waals surface area contributed by atoms with Gasteiger partial charge in [-0.3, -0.25) is 4.57 Å². The highest BCUT2D eigenvalue weighted by Gasteiger charge is 2.16. The smallest absolute Gasteiger partial charge is 0.212 e. The van der Waals surface area contributed by atoms with E-state index in [4.69, 9.17) is 14.7 Å². The standard InChI is InChI=1S/C21H16N6OS/c1-28-17-8-7-14(11-22-17)19-25-20(24-15-5-3-2-4-6-15)18-21(26-19)27(13-23-18)16-9-10-29-12-16/h2-13H,1H3,(H,24,25,26). The van der Waals surface area contributed by atoms with Crippen LogP contribution in [0, 0.1) is 0 Å². The number of aromatic nitrogens is 5. The van der Waals surface area contributed by atoms with Crippen molar-refractivity contribution in [1.82, 2.24) is 24.5 Å². The van der Waals surface area contributed by atoms with Gasteiger partial charge in [0, 0.05) is 28.9 Å². The summed E-state index contributed by atoms with van der Waals surface area (Å²) in [6, 6.07) is 15.6. The molecule has 5 aromatic rings. The number of pyridine rings is 1. The molecule has 1 N–H and O–H groups in total. The van der Waals surface area contributed by atoms with Crippen LogP contribution >= 0.6 is 11.3 Å². The Morgan fingerprint density at radius 1 is 1.00 bits per heavy atom. The van der Waals surface area contributed by atoms with Crippen molar-refractivity contribution in [1.29, 1.82) is 0 Å². The second-order valence-electron chi connectivity index (χ2n) is 6.24. The molecule has 0 spiro atoms. The highest BCUT2D eigenvalue weighted by atomic mass is 32.1. The third kappa shape index (κ3) is 3.30. The van der Waals surface area contributed by atoms with Gasteiger partial charge in [0.25, 0.3) is 0 Å². The van der Waals surface area contributed by atoms with Crippen molar-refractivity contribution >= 4 is 34.0 Å². The third-order valence-electron chi connectivity index (χ3n) is 4.42. The molecule has 0 amide bonds. The fraction of sp³-hybridized carbons (Fsp3) is 0.0476. The Labute approximate surface area is 170 Å². The van der Waals surface area contributed by atoms with Crippen LogP contribution < -0.4 is 10.1 Å². The number of hydrogen-bond donors (Lipinski definition) is 1. The van der Waals surface area contributed by atoms with Crippen LogP contribution in [0.4, 0.5) is 11.5 Å². The molecule has 0 atom stereocenters. The number of methoxy groups -OCH3 is 1. The normalized spacial score (nSPS) is 10.9. The number of nitrogens with one attached hydrogen (secondary N) is 1. The number of para-hydroxylation sites is 1. The average Bonchev–Trinajstić information content (AvgIpc) is 3.44. The average molecular weight is 400 g/mol. The molecule has 4 heterocycles. The van der Waals surface area contributed by atoms with Crippen LogP contribution in [0.1, 0.15) is 0 Å². The van der Waals surface area contributed by atoms with Crippen molar-refractivity contribution < 1.29 is 4.74 Å². The number of thiophene rings is 1. The first kappa shape index (κ1) is 17.3. The molecule has 4 aromatic heterocycles. The number of anilines is 2. The summed E-state index contributed by atoms with van der Waals surface area (Å²) in [6.07, 6.45) is 3.48. The van der Waals surface area contributed by atoms with E-state index in [1.165, 1.54) is 0 Å². The van der Waals surface area contributed by atoms with E-state index in [0.717, 1.165) is 22.6 Å². The summed E-state index contributed by atoms with van der Waals surface area (Å²) in [6.45, 7) is 0. The summed E-state index contributed by atoms with van der Waals surface area (Å²) in [5.41, 5.74) is 4.16. The lowest BCUT2D eigenvalue weighted by Gasteiger charge is -2.09. The van der Waals surface area contributed by atoms with Crippen molar-refractivity contribution in [3.8, 4) is 23.0 Å². The molecule has 0 aliphatic heterocycles. The number of rotatable bonds is 5. The molecule has 7 nitrogen and oxygen atoms in total. The highest BCUT2D eigenvalue weighted by molar-refractivity contribution is 7.08. The van der Waals surface area contributed by atoms with Crippen LogP contribution in [0.25, 0.3) is 28.2 Å². The minimum atomic E-state index is 0.542. The molecule has 0 saturated heterocycles. The Balaban J connectivity index is 1.69. The van der Waals surface area contributed by atoms with Gasteiger partial charge in [0.2, 0.25) is 5.88 Å². The molecule has 5 rings (SSSR count). The second kappa shape index (κ2) is 7.33. The predicted molar refractivity (Wildman–Crippen MR) is 114 cm³/mol. The van der Waals surface area contributed by atoms with E-state index in [2.05, 4.69) is 20.7 Å². The first-order chi connectivity index (χ1) is 14.3. The Kier molecular flexibility index (Phi) is 4.38. The van der Waals surface area contributed by atoms with E-state index in [1.54, 1.807) is 37.0 Å². The van der Waals surface area contributed by atoms with Crippen LogP contribution in [0.3, 0.4) is 0 Å². The Morgan fingerprint density at radius 3 is 2.62 bits per heavy atom. The first-order valence-corrected chi connectivity index (χ1v) is 9.86. The number of nitrogens with zero attached hydrogens (tertiary/aromatic N) is 5. The van der Waals surface area contributed by atoms with Crippen molar-refractivity contribution in [3.05, 3.63) is 71.8 Å². The van der Waals surface area contributed by atoms with Crippen molar-refractivity contribution in [2.24, 2.45) is 0 Å². The number of hydrogen-bond acceptors (Lipinski definition) is 7. The summed E-state index contributed by atoms with van der Waals surface area (Å²) in [5, 5.41) is 7.45. The van der Waals surface area contributed by atoms with Gasteiger partial charge in [-0.25, -0.2) is 19.9 Å². The molecular formula is C21H16N6OS. The zero-order chi connectivity index (χ0) is 19.6. The topological polar surface area (TPSA) is 77.8 Å². The summed E-state index contributed by atoms with van der Waals surface area (Å²) in [7, 11) is 1.59. The van der Waals surface area contributed by atoms with Gasteiger partial charge in [-0.05, 0) is 29.6 Å². The quantitative estimate of drug-likeness (QED) is 0.461. The fourth-order valence-corrected chi connectivity index (χ4v) is 3.62. The minimum Gasteiger partial charge on any atom is -0.481 e. The van der Waals surface area contributed by atoms with Crippen LogP contribution in [-0.4, -0.2) is 31.6 Å². The van der Waals surface area contributed by atoms with Gasteiger partial charge in [-0.1, -0.05) is 18.2 Å². The number of benzene rings is 1. The molecule has 0 aliphatic rings. The van der Waals surface area contributed by atoms with Crippen molar-refractivity contribution in [2.75, 3.05) is 12.4 Å². The SMILES string of the molecule is COc1ccc(-c2nc(Nc3ccccc3)c3ncn(-c4ccsc4)c3n2)cn1. The van der Waals surface area contributed by atoms with Gasteiger partial charge < -0.3 is 10.1 Å². The number of ether oxygens (including phenoxy) is 1. The Hall–Kier alpha value is -3.78. The second-order valence-corrected chi connectivity index (χ2v) is 7.02. The van der Waals surface area contributed by atoms with Crippen LogP contribution in [0.2, 0.25) is 0 Å². The summed E-state index contributed by atoms with van der Waals surface area (Å²) in [5.74, 6) is 1.74. The van der Waals surface area contributed by atoms with E-state index in [9.17, 15) is 0 Å². The summed E-state index contributed by atoms with van der Waals surface area (Å²) < 4.78 is 7.12. The summed E-state index contributed by atoms with van der Waals surface area (Å²) >= 11 is 1.63. The molecule has 0 bridgehead atoms. The van der Waals surface area contributed by atoms with Gasteiger partial charge in [0.1, 0.15) is 6.33 Å². The van der Waals surface area contributed by atoms with Crippen molar-refractivity contribution in [2.45, 2.75) is 0 Å². The molecule has 0 aliphatic carbocycles. The van der Waals surface area contributed by atoms with Gasteiger partial charge in [0.05, 0.1) is 12.8 Å². The van der Waals surface area contributed by atoms with Gasteiger partial charge in [-0.2, -0.15) is 11.3 Å². The van der Waals surface area contributed by atoms with Gasteiger partial charge in [0.15, 0.2) is 22.8 Å². The van der Waals surface area contributed by atoms with E-state index >= 15 is 0 Å². The minimum absolute atomic E-state index is 0.542. The van der Waals surface area contributed by atoms with E-state index in [0.29, 0.717) is 23.0 Å². The molecule has 0 unspecified atom stereocenters. The molecule has 8 heteroatoms. The number of fused-ring (bicyclic) bond motifs is 1. The molecule has 1 aromatic carbocycles. The molecular weight excluding hydrogens is 384 g/mol. The highest BCUT2D eigenvalue weighted by Crippen LogP contribution is 2.28. The molecule has 142 valence electrons. The van der Waals surface area contributed by atoms with Gasteiger partial charge in [-0.15, -0.1) is 0 Å². The van der Waals surface area contributed by atoms with Crippen LogP contribution in [-0.2, 0) is 0 Å². The molecule has 0 saturated carbocycles. The van der Waals surface area contributed by atoms with E-state index in [-0.39, 0.29) is 0 Å². The monoisotopic (exact) mass is 400 g/mol. The zero-order valence-electron chi connectivity index (χ0n) is 15.5. The van der Waals surface area contributed by atoms with E-state index in [1.807, 2.05) is 52.4 Å². The lowest BCUT2D eigenvalue weighted by molar-refractivity contribution is 0.398. The van der Waals surface area contributed by atoms with E-state index < -0.39 is 0 Å². The van der Waals surface area contributed by atoms with Gasteiger partial charge >= 0.3 is 0 Å². The molecule has 0 fully saturated rings. The molecule has 29 heavy (non-hydrogen) atoms. The largest absolute Gasteiger partial charge is 0.481 e. The predicted octanol–water partition coefficient (Wildman–Crippen LogP) is 4.69. The molecule has 0 radical (unpaired) electrons. The number of imidazole rings is 1. The van der Waals surface area contributed by atoms with Crippen LogP contribution in [0.15, 0.2) is 71.8 Å².